The number of carbonyl (C=O) groups is 1. The summed E-state index contributed by atoms with van der Waals surface area (Å²) < 4.78 is 5.57. The molecule has 4 nitrogen and oxygen atoms in total. The van der Waals surface area contributed by atoms with Crippen LogP contribution < -0.4 is 15.8 Å². The number of amides is 1. The molecule has 1 amide bonds. The summed E-state index contributed by atoms with van der Waals surface area (Å²) >= 11 is 0. The number of aryl methyl sites for hydroxylation is 1. The van der Waals surface area contributed by atoms with Crippen LogP contribution >= 0.6 is 0 Å². The molecule has 1 aromatic rings. The first-order valence-corrected chi connectivity index (χ1v) is 7.23. The molecular formula is C16H24N2O2. The fourth-order valence-corrected chi connectivity index (χ4v) is 2.37. The number of carbonyl (C=O) groups excluding carboxylic acids is 1. The lowest BCUT2D eigenvalue weighted by molar-refractivity contribution is -0.124. The highest BCUT2D eigenvalue weighted by molar-refractivity contribution is 5.78. The smallest absolute Gasteiger partial charge is 0.258 e. The lowest BCUT2D eigenvalue weighted by Crippen LogP contribution is -2.44. The summed E-state index contributed by atoms with van der Waals surface area (Å²) in [5.41, 5.74) is 8.25. The molecule has 0 spiro atoms. The zero-order chi connectivity index (χ0) is 14.8. The normalized spacial score (nSPS) is 17.7. The Bertz CT molecular complexity index is 497. The maximum atomic E-state index is 11.8. The van der Waals surface area contributed by atoms with Gasteiger partial charge >= 0.3 is 0 Å². The van der Waals surface area contributed by atoms with Gasteiger partial charge in [0.1, 0.15) is 5.75 Å². The summed E-state index contributed by atoms with van der Waals surface area (Å²) in [7, 11) is 0. The first-order chi connectivity index (χ1) is 9.41. The van der Waals surface area contributed by atoms with Gasteiger partial charge in [-0.1, -0.05) is 13.0 Å². The molecule has 1 aliphatic rings. The molecule has 4 heteroatoms. The first-order valence-electron chi connectivity index (χ1n) is 7.23. The third kappa shape index (κ3) is 3.51. The van der Waals surface area contributed by atoms with Crippen LogP contribution in [0.4, 0.5) is 0 Å². The Labute approximate surface area is 120 Å². The van der Waals surface area contributed by atoms with E-state index in [0.29, 0.717) is 0 Å². The molecule has 20 heavy (non-hydrogen) atoms. The minimum absolute atomic E-state index is 0.0499. The maximum Gasteiger partial charge on any atom is 0.258 e. The number of rotatable bonds is 5. The van der Waals surface area contributed by atoms with Gasteiger partial charge < -0.3 is 15.8 Å². The number of fused-ring (bicyclic) bond motifs is 1. The Balaban J connectivity index is 1.90. The molecule has 1 atom stereocenters. The lowest BCUT2D eigenvalue weighted by atomic mass is 10.0. The molecular weight excluding hydrogens is 252 g/mol. The summed E-state index contributed by atoms with van der Waals surface area (Å²) in [6.07, 6.45) is 2.86. The molecule has 3 N–H and O–H groups in total. The molecule has 1 unspecified atom stereocenters. The Kier molecular flexibility index (Phi) is 4.33. The van der Waals surface area contributed by atoms with Gasteiger partial charge in [-0.25, -0.2) is 0 Å². The number of ether oxygens (including phenoxy) is 1. The molecule has 1 aliphatic carbocycles. The molecule has 0 radical (unpaired) electrons. The summed E-state index contributed by atoms with van der Waals surface area (Å²) in [6.45, 7) is 6.10. The minimum Gasteiger partial charge on any atom is -0.484 e. The molecule has 1 aromatic carbocycles. The molecule has 0 saturated heterocycles. The third-order valence-electron chi connectivity index (χ3n) is 3.97. The van der Waals surface area contributed by atoms with E-state index in [9.17, 15) is 4.79 Å². The van der Waals surface area contributed by atoms with Gasteiger partial charge in [0.15, 0.2) is 6.61 Å². The van der Waals surface area contributed by atoms with E-state index in [4.69, 9.17) is 10.5 Å². The highest BCUT2D eigenvalue weighted by Crippen LogP contribution is 2.31. The van der Waals surface area contributed by atoms with Crippen LogP contribution in [0.3, 0.4) is 0 Å². The van der Waals surface area contributed by atoms with Gasteiger partial charge in [0.2, 0.25) is 0 Å². The molecule has 0 aliphatic heterocycles. The molecule has 2 rings (SSSR count). The number of hydrogen-bond donors (Lipinski definition) is 2. The van der Waals surface area contributed by atoms with Crippen LogP contribution in [0.5, 0.6) is 5.75 Å². The third-order valence-corrected chi connectivity index (χ3v) is 3.97. The van der Waals surface area contributed by atoms with E-state index >= 15 is 0 Å². The van der Waals surface area contributed by atoms with Crippen LogP contribution in [0.2, 0.25) is 0 Å². The van der Waals surface area contributed by atoms with Crippen LogP contribution in [-0.4, -0.2) is 18.1 Å². The Morgan fingerprint density at radius 1 is 1.50 bits per heavy atom. The van der Waals surface area contributed by atoms with Crippen LogP contribution in [0, 0.1) is 0 Å². The van der Waals surface area contributed by atoms with Crippen molar-refractivity contribution in [2.24, 2.45) is 5.73 Å². The van der Waals surface area contributed by atoms with E-state index < -0.39 is 0 Å². The number of benzene rings is 1. The van der Waals surface area contributed by atoms with E-state index in [1.54, 1.807) is 0 Å². The second kappa shape index (κ2) is 5.83. The van der Waals surface area contributed by atoms with Gasteiger partial charge in [-0.15, -0.1) is 0 Å². The van der Waals surface area contributed by atoms with Crippen molar-refractivity contribution in [2.75, 3.05) is 6.61 Å². The molecule has 0 aromatic heterocycles. The predicted molar refractivity (Wildman–Crippen MR) is 79.7 cm³/mol. The fourth-order valence-electron chi connectivity index (χ4n) is 2.37. The number of nitrogens with two attached hydrogens (primary N) is 1. The van der Waals surface area contributed by atoms with E-state index in [1.807, 2.05) is 39.0 Å². The minimum atomic E-state index is -0.189. The largest absolute Gasteiger partial charge is 0.484 e. The van der Waals surface area contributed by atoms with E-state index in [-0.39, 0.29) is 24.1 Å². The molecule has 0 heterocycles. The quantitative estimate of drug-likeness (QED) is 0.867. The van der Waals surface area contributed by atoms with Gasteiger partial charge in [-0.05, 0) is 56.4 Å². The molecule has 0 fully saturated rings. The number of nitrogens with one attached hydrogen (secondary N) is 1. The topological polar surface area (TPSA) is 64.3 Å². The highest BCUT2D eigenvalue weighted by Gasteiger charge is 2.20. The Hall–Kier alpha value is -1.55. The van der Waals surface area contributed by atoms with E-state index in [2.05, 4.69) is 5.32 Å². The van der Waals surface area contributed by atoms with Crippen molar-refractivity contribution >= 4 is 5.91 Å². The van der Waals surface area contributed by atoms with Gasteiger partial charge in [-0.2, -0.15) is 0 Å². The maximum absolute atomic E-state index is 11.8. The monoisotopic (exact) mass is 276 g/mol. The first kappa shape index (κ1) is 14.9. The lowest BCUT2D eigenvalue weighted by Gasteiger charge is -2.24. The fraction of sp³-hybridized carbons (Fsp3) is 0.562. The summed E-state index contributed by atoms with van der Waals surface area (Å²) in [6, 6.07) is 6.05. The zero-order valence-electron chi connectivity index (χ0n) is 12.5. The van der Waals surface area contributed by atoms with Crippen LogP contribution in [0.25, 0.3) is 0 Å². The SMILES string of the molecule is CCC(C)(C)NC(=O)COc1ccc2c(c1)CCC2N. The molecule has 0 bridgehead atoms. The van der Waals surface area contributed by atoms with Crippen LogP contribution in [0.15, 0.2) is 18.2 Å². The van der Waals surface area contributed by atoms with Crippen molar-refractivity contribution < 1.29 is 9.53 Å². The molecule has 0 saturated carbocycles. The van der Waals surface area contributed by atoms with Gasteiger partial charge in [0.25, 0.3) is 5.91 Å². The average molecular weight is 276 g/mol. The van der Waals surface area contributed by atoms with Gasteiger partial charge in [0.05, 0.1) is 0 Å². The Morgan fingerprint density at radius 3 is 2.95 bits per heavy atom. The summed E-state index contributed by atoms with van der Waals surface area (Å²) in [4.78, 5) is 11.8. The number of hydrogen-bond acceptors (Lipinski definition) is 3. The summed E-state index contributed by atoms with van der Waals surface area (Å²) in [5.74, 6) is 0.649. The van der Waals surface area contributed by atoms with Crippen LogP contribution in [0.1, 0.15) is 50.8 Å². The highest BCUT2D eigenvalue weighted by atomic mass is 16.5. The Morgan fingerprint density at radius 2 is 2.25 bits per heavy atom. The van der Waals surface area contributed by atoms with Gasteiger partial charge in [-0.3, -0.25) is 4.79 Å². The van der Waals surface area contributed by atoms with Crippen molar-refractivity contribution in [2.45, 2.75) is 51.6 Å². The van der Waals surface area contributed by atoms with E-state index in [1.165, 1.54) is 11.1 Å². The van der Waals surface area contributed by atoms with Crippen molar-refractivity contribution in [3.63, 3.8) is 0 Å². The predicted octanol–water partition coefficient (Wildman–Crippen LogP) is 2.32. The van der Waals surface area contributed by atoms with Crippen molar-refractivity contribution in [1.82, 2.24) is 5.32 Å². The second-order valence-corrected chi connectivity index (χ2v) is 6.08. The summed E-state index contributed by atoms with van der Waals surface area (Å²) in [5, 5.41) is 2.95. The second-order valence-electron chi connectivity index (χ2n) is 6.08. The van der Waals surface area contributed by atoms with Crippen molar-refractivity contribution in [1.29, 1.82) is 0 Å². The average Bonchev–Trinajstić information content (AvgIpc) is 2.77. The molecule has 110 valence electrons. The van der Waals surface area contributed by atoms with Crippen molar-refractivity contribution in [3.05, 3.63) is 29.3 Å². The van der Waals surface area contributed by atoms with Gasteiger partial charge in [0, 0.05) is 11.6 Å². The van der Waals surface area contributed by atoms with Crippen molar-refractivity contribution in [3.8, 4) is 5.75 Å². The van der Waals surface area contributed by atoms with E-state index in [0.717, 1.165) is 25.0 Å². The standard InChI is InChI=1S/C16H24N2O2/c1-4-16(2,3)18-15(19)10-20-12-6-7-13-11(9-12)5-8-14(13)17/h6-7,9,14H,4-5,8,10,17H2,1-3H3,(H,18,19). The van der Waals surface area contributed by atoms with Crippen LogP contribution in [-0.2, 0) is 11.2 Å². The zero-order valence-corrected chi connectivity index (χ0v) is 12.5.